The van der Waals surface area contributed by atoms with Crippen LogP contribution in [0, 0.1) is 0 Å². The maximum Gasteiger partial charge on any atom is 0.357 e. The summed E-state index contributed by atoms with van der Waals surface area (Å²) in [5.74, 6) is 0.784. The lowest BCUT2D eigenvalue weighted by Gasteiger charge is -2.22. The lowest BCUT2D eigenvalue weighted by Crippen LogP contribution is -2.16. The van der Waals surface area contributed by atoms with E-state index in [4.69, 9.17) is 16.0 Å². The van der Waals surface area contributed by atoms with Gasteiger partial charge in [0.2, 0.25) is 0 Å². The summed E-state index contributed by atoms with van der Waals surface area (Å²) < 4.78 is 5.26. The molecule has 0 fully saturated rings. The molecule has 1 aromatic heterocycles. The molecule has 1 aliphatic rings. The molecule has 3 rings (SSSR count). The molecule has 0 unspecified atom stereocenters. The van der Waals surface area contributed by atoms with Crippen molar-refractivity contribution >= 4 is 23.0 Å². The van der Waals surface area contributed by atoms with E-state index in [1.54, 1.807) is 0 Å². The van der Waals surface area contributed by atoms with E-state index in [0.717, 1.165) is 42.0 Å². The molecule has 0 aliphatic heterocycles. The van der Waals surface area contributed by atoms with Gasteiger partial charge in [0.05, 0.1) is 5.69 Å². The third-order valence-electron chi connectivity index (χ3n) is 3.53. The highest BCUT2D eigenvalue weighted by atomic mass is 35.5. The molecule has 0 bridgehead atoms. The fraction of sp³-hybridized carbons (Fsp3) is 0.267. The van der Waals surface area contributed by atoms with Crippen molar-refractivity contribution in [3.8, 4) is 0 Å². The van der Waals surface area contributed by atoms with Crippen molar-refractivity contribution in [2.24, 2.45) is 0 Å². The van der Waals surface area contributed by atoms with Gasteiger partial charge in [0.1, 0.15) is 10.8 Å². The summed E-state index contributed by atoms with van der Waals surface area (Å²) in [4.78, 5) is 13.8. The van der Waals surface area contributed by atoms with Crippen molar-refractivity contribution < 1.29 is 4.42 Å². The van der Waals surface area contributed by atoms with Gasteiger partial charge < -0.3 is 9.32 Å². The molecule has 0 radical (unpaired) electrons. The number of fused-ring (bicyclic) bond motifs is 1. The van der Waals surface area contributed by atoms with Crippen LogP contribution in [0.25, 0.3) is 0 Å². The number of nitrogens with zero attached hydrogens (tertiary/aromatic N) is 1. The molecule has 19 heavy (non-hydrogen) atoms. The third kappa shape index (κ3) is 2.04. The van der Waals surface area contributed by atoms with Gasteiger partial charge in [-0.25, -0.2) is 4.79 Å². The van der Waals surface area contributed by atoms with Gasteiger partial charge in [0, 0.05) is 24.7 Å². The van der Waals surface area contributed by atoms with Crippen molar-refractivity contribution in [1.82, 2.24) is 0 Å². The van der Waals surface area contributed by atoms with E-state index in [-0.39, 0.29) is 5.02 Å². The molecule has 0 saturated carbocycles. The topological polar surface area (TPSA) is 33.5 Å². The largest absolute Gasteiger partial charge is 0.426 e. The smallest absolute Gasteiger partial charge is 0.357 e. The number of anilines is 2. The minimum atomic E-state index is -0.444. The zero-order valence-electron chi connectivity index (χ0n) is 10.6. The Labute approximate surface area is 116 Å². The molecule has 3 nitrogen and oxygen atoms in total. The van der Waals surface area contributed by atoms with Crippen LogP contribution in [-0.4, -0.2) is 7.05 Å². The number of rotatable bonds is 2. The molecule has 4 heteroatoms. The fourth-order valence-electron chi connectivity index (χ4n) is 2.60. The maximum absolute atomic E-state index is 11.8. The number of para-hydroxylation sites is 1. The summed E-state index contributed by atoms with van der Waals surface area (Å²) in [5.41, 5.74) is 2.41. The molecule has 0 saturated heterocycles. The predicted molar refractivity (Wildman–Crippen MR) is 76.5 cm³/mol. The zero-order valence-corrected chi connectivity index (χ0v) is 11.4. The molecule has 0 atom stereocenters. The van der Waals surface area contributed by atoms with Crippen molar-refractivity contribution in [3.05, 3.63) is 57.1 Å². The van der Waals surface area contributed by atoms with Crippen LogP contribution in [0.3, 0.4) is 0 Å². The van der Waals surface area contributed by atoms with Crippen LogP contribution < -0.4 is 10.5 Å². The molecule has 2 aromatic rings. The van der Waals surface area contributed by atoms with E-state index in [1.165, 1.54) is 0 Å². The summed E-state index contributed by atoms with van der Waals surface area (Å²) in [5, 5.41) is 0.173. The van der Waals surface area contributed by atoms with Crippen LogP contribution >= 0.6 is 11.6 Å². The Morgan fingerprint density at radius 3 is 2.68 bits per heavy atom. The average molecular weight is 276 g/mol. The van der Waals surface area contributed by atoms with Crippen molar-refractivity contribution in [1.29, 1.82) is 0 Å². The van der Waals surface area contributed by atoms with Crippen LogP contribution in [0.5, 0.6) is 0 Å². The van der Waals surface area contributed by atoms with Crippen LogP contribution in [0.4, 0.5) is 11.4 Å². The summed E-state index contributed by atoms with van der Waals surface area (Å²) in [6.45, 7) is 0. The number of aryl methyl sites for hydroxylation is 1. The van der Waals surface area contributed by atoms with E-state index in [0.29, 0.717) is 0 Å². The van der Waals surface area contributed by atoms with E-state index < -0.39 is 5.63 Å². The molecule has 0 N–H and O–H groups in total. The average Bonchev–Trinajstić information content (AvgIpc) is 2.88. The fourth-order valence-corrected chi connectivity index (χ4v) is 2.87. The summed E-state index contributed by atoms with van der Waals surface area (Å²) in [7, 11) is 1.93. The van der Waals surface area contributed by atoms with Crippen LogP contribution in [0.1, 0.15) is 17.7 Å². The lowest BCUT2D eigenvalue weighted by atomic mass is 10.1. The van der Waals surface area contributed by atoms with Crippen LogP contribution in [-0.2, 0) is 12.8 Å². The Bertz CT molecular complexity index is 664. The van der Waals surface area contributed by atoms with Crippen LogP contribution in [0.15, 0.2) is 39.5 Å². The quantitative estimate of drug-likeness (QED) is 0.840. The highest BCUT2D eigenvalue weighted by Gasteiger charge is 2.25. The Kier molecular flexibility index (Phi) is 3.07. The van der Waals surface area contributed by atoms with Crippen molar-refractivity contribution in [2.75, 3.05) is 11.9 Å². The normalized spacial score (nSPS) is 13.4. The second-order valence-corrected chi connectivity index (χ2v) is 5.08. The van der Waals surface area contributed by atoms with Gasteiger partial charge in [-0.2, -0.15) is 0 Å². The van der Waals surface area contributed by atoms with E-state index in [2.05, 4.69) is 0 Å². The monoisotopic (exact) mass is 275 g/mol. The van der Waals surface area contributed by atoms with Crippen molar-refractivity contribution in [2.45, 2.75) is 19.3 Å². The summed E-state index contributed by atoms with van der Waals surface area (Å²) in [6, 6.07) is 9.87. The highest BCUT2D eigenvalue weighted by Crippen LogP contribution is 2.37. The van der Waals surface area contributed by atoms with Gasteiger partial charge in [-0.05, 0) is 25.0 Å². The SMILES string of the molecule is CN(c1ccccc1)c1c2c(oc(=O)c1Cl)CCC2. The molecule has 1 heterocycles. The van der Waals surface area contributed by atoms with E-state index in [9.17, 15) is 4.79 Å². The molecule has 1 aliphatic carbocycles. The first-order valence-electron chi connectivity index (χ1n) is 6.31. The molecular weight excluding hydrogens is 262 g/mol. The lowest BCUT2D eigenvalue weighted by molar-refractivity contribution is 0.467. The van der Waals surface area contributed by atoms with Gasteiger partial charge in [-0.1, -0.05) is 29.8 Å². The summed E-state index contributed by atoms with van der Waals surface area (Å²) in [6.07, 6.45) is 2.73. The van der Waals surface area contributed by atoms with E-state index in [1.807, 2.05) is 42.3 Å². The first kappa shape index (κ1) is 12.3. The minimum absolute atomic E-state index is 0.173. The van der Waals surface area contributed by atoms with E-state index >= 15 is 0 Å². The van der Waals surface area contributed by atoms with Gasteiger partial charge >= 0.3 is 5.63 Å². The first-order chi connectivity index (χ1) is 9.18. The van der Waals surface area contributed by atoms with Crippen LogP contribution in [0.2, 0.25) is 5.02 Å². The molecule has 1 aromatic carbocycles. The third-order valence-corrected chi connectivity index (χ3v) is 3.87. The number of hydrogen-bond donors (Lipinski definition) is 0. The highest BCUT2D eigenvalue weighted by molar-refractivity contribution is 6.33. The number of halogens is 1. The number of hydrogen-bond acceptors (Lipinski definition) is 3. The molecule has 0 spiro atoms. The summed E-state index contributed by atoms with van der Waals surface area (Å²) >= 11 is 6.17. The molecule has 98 valence electrons. The Morgan fingerprint density at radius 1 is 1.21 bits per heavy atom. The zero-order chi connectivity index (χ0) is 13.4. The van der Waals surface area contributed by atoms with Gasteiger partial charge in [0.25, 0.3) is 0 Å². The Balaban J connectivity index is 2.18. The second kappa shape index (κ2) is 4.74. The van der Waals surface area contributed by atoms with Gasteiger partial charge in [0.15, 0.2) is 0 Å². The van der Waals surface area contributed by atoms with Gasteiger partial charge in [-0.3, -0.25) is 0 Å². The predicted octanol–water partition coefficient (Wildman–Crippen LogP) is 3.55. The molecular formula is C15H14ClNO2. The minimum Gasteiger partial charge on any atom is -0.426 e. The first-order valence-corrected chi connectivity index (χ1v) is 6.69. The van der Waals surface area contributed by atoms with Crippen molar-refractivity contribution in [3.63, 3.8) is 0 Å². The second-order valence-electron chi connectivity index (χ2n) is 4.70. The number of benzene rings is 1. The standard InChI is InChI=1S/C15H14ClNO2/c1-17(10-6-3-2-4-7-10)14-11-8-5-9-12(11)19-15(18)13(14)16/h2-4,6-7H,5,8-9H2,1H3. The Hall–Kier alpha value is -1.74. The van der Waals surface area contributed by atoms with Gasteiger partial charge in [-0.15, -0.1) is 0 Å². The maximum atomic E-state index is 11.8. The molecule has 0 amide bonds. The Morgan fingerprint density at radius 2 is 1.95 bits per heavy atom.